The third-order valence-corrected chi connectivity index (χ3v) is 2.96. The predicted molar refractivity (Wildman–Crippen MR) is 57.9 cm³/mol. The minimum absolute atomic E-state index is 0.00637. The molecular weight excluding hydrogens is 247 g/mol. The van der Waals surface area contributed by atoms with Crippen LogP contribution in [0, 0.1) is 5.82 Å². The molecular formula is C12H12F3NO2. The van der Waals surface area contributed by atoms with Gasteiger partial charge in [-0.1, -0.05) is 18.2 Å². The fraction of sp³-hybridized carbons (Fsp3) is 0.417. The minimum Gasteiger partial charge on any atom is -0.377 e. The van der Waals surface area contributed by atoms with E-state index in [-0.39, 0.29) is 18.8 Å². The molecule has 0 spiro atoms. The average molecular weight is 259 g/mol. The number of rotatable bonds is 3. The molecule has 1 aliphatic rings. The number of halogens is 3. The van der Waals surface area contributed by atoms with Crippen molar-refractivity contribution in [1.29, 1.82) is 0 Å². The second-order valence-electron chi connectivity index (χ2n) is 4.15. The lowest BCUT2D eigenvalue weighted by atomic mass is 9.88. The topological polar surface area (TPSA) is 38.3 Å². The Morgan fingerprint density at radius 2 is 2.17 bits per heavy atom. The summed E-state index contributed by atoms with van der Waals surface area (Å²) in [6.45, 7) is -0.373. The number of carbonyl (C=O) groups excluding carboxylic acids is 1. The van der Waals surface area contributed by atoms with Crippen molar-refractivity contribution in [2.24, 2.45) is 0 Å². The van der Waals surface area contributed by atoms with E-state index in [1.807, 2.05) is 0 Å². The molecule has 0 aliphatic carbocycles. The zero-order valence-electron chi connectivity index (χ0n) is 9.41. The van der Waals surface area contributed by atoms with Gasteiger partial charge in [-0.05, 0) is 6.07 Å². The Balaban J connectivity index is 2.44. The van der Waals surface area contributed by atoms with Crippen molar-refractivity contribution >= 4 is 6.29 Å². The SMILES string of the molecule is O=CC1COCC(c2ccccc2F)(C(F)F)N1. The van der Waals surface area contributed by atoms with Crippen molar-refractivity contribution in [3.63, 3.8) is 0 Å². The van der Waals surface area contributed by atoms with Crippen LogP contribution >= 0.6 is 0 Å². The quantitative estimate of drug-likeness (QED) is 0.835. The Kier molecular flexibility index (Phi) is 3.68. The van der Waals surface area contributed by atoms with Gasteiger partial charge in [0.1, 0.15) is 17.6 Å². The van der Waals surface area contributed by atoms with Crippen molar-refractivity contribution in [3.8, 4) is 0 Å². The molecule has 98 valence electrons. The third-order valence-electron chi connectivity index (χ3n) is 2.96. The summed E-state index contributed by atoms with van der Waals surface area (Å²) in [6.07, 6.45) is -2.41. The van der Waals surface area contributed by atoms with Crippen LogP contribution in [0.15, 0.2) is 24.3 Å². The highest BCUT2D eigenvalue weighted by atomic mass is 19.3. The van der Waals surface area contributed by atoms with Crippen LogP contribution in [0.4, 0.5) is 13.2 Å². The second kappa shape index (κ2) is 5.07. The van der Waals surface area contributed by atoms with Gasteiger partial charge in [-0.2, -0.15) is 0 Å². The van der Waals surface area contributed by atoms with Gasteiger partial charge in [-0.3, -0.25) is 5.32 Å². The molecule has 6 heteroatoms. The summed E-state index contributed by atoms with van der Waals surface area (Å²) in [5.41, 5.74) is -2.17. The van der Waals surface area contributed by atoms with E-state index < -0.39 is 23.8 Å². The molecule has 0 amide bonds. The van der Waals surface area contributed by atoms with Gasteiger partial charge in [0.25, 0.3) is 6.43 Å². The Labute approximate surface area is 102 Å². The Hall–Kier alpha value is -1.40. The largest absolute Gasteiger partial charge is 0.377 e. The van der Waals surface area contributed by atoms with Crippen LogP contribution in [0.1, 0.15) is 5.56 Å². The van der Waals surface area contributed by atoms with Gasteiger partial charge in [0.15, 0.2) is 0 Å². The summed E-state index contributed by atoms with van der Waals surface area (Å²) in [5.74, 6) is -0.750. The van der Waals surface area contributed by atoms with E-state index in [0.29, 0.717) is 6.29 Å². The van der Waals surface area contributed by atoms with Crippen molar-refractivity contribution in [2.75, 3.05) is 13.2 Å². The van der Waals surface area contributed by atoms with E-state index in [1.165, 1.54) is 18.2 Å². The maximum atomic E-state index is 13.7. The van der Waals surface area contributed by atoms with Crippen LogP contribution in [0.3, 0.4) is 0 Å². The lowest BCUT2D eigenvalue weighted by Crippen LogP contribution is -2.61. The fourth-order valence-corrected chi connectivity index (χ4v) is 2.06. The summed E-state index contributed by atoms with van der Waals surface area (Å²) >= 11 is 0. The standard InChI is InChI=1S/C12H12F3NO2/c13-10-4-2-1-3-9(10)12(11(14)15)7-18-6-8(5-17)16-12/h1-5,8,11,16H,6-7H2. The third kappa shape index (κ3) is 2.13. The molecule has 0 radical (unpaired) electrons. The molecule has 1 heterocycles. The molecule has 1 aromatic rings. The van der Waals surface area contributed by atoms with Crippen molar-refractivity contribution in [2.45, 2.75) is 18.0 Å². The van der Waals surface area contributed by atoms with Gasteiger partial charge in [-0.15, -0.1) is 0 Å². The number of ether oxygens (including phenoxy) is 1. The second-order valence-corrected chi connectivity index (χ2v) is 4.15. The van der Waals surface area contributed by atoms with Gasteiger partial charge in [0, 0.05) is 5.56 Å². The molecule has 1 saturated heterocycles. The molecule has 3 nitrogen and oxygen atoms in total. The number of morpholine rings is 1. The number of hydrogen-bond donors (Lipinski definition) is 1. The van der Waals surface area contributed by atoms with Crippen molar-refractivity contribution < 1.29 is 22.7 Å². The first kappa shape index (κ1) is 13.0. The first-order valence-corrected chi connectivity index (χ1v) is 5.44. The average Bonchev–Trinajstić information content (AvgIpc) is 2.39. The molecule has 2 unspecified atom stereocenters. The Morgan fingerprint density at radius 1 is 1.44 bits per heavy atom. The minimum atomic E-state index is -2.89. The van der Waals surface area contributed by atoms with Gasteiger partial charge >= 0.3 is 0 Å². The lowest BCUT2D eigenvalue weighted by Gasteiger charge is -2.40. The maximum absolute atomic E-state index is 13.7. The zero-order chi connectivity index (χ0) is 13.2. The summed E-state index contributed by atoms with van der Waals surface area (Å²) in [6, 6.07) is 4.39. The molecule has 2 rings (SSSR count). The number of hydrogen-bond acceptors (Lipinski definition) is 3. The molecule has 1 aromatic carbocycles. The first-order chi connectivity index (χ1) is 8.60. The highest BCUT2D eigenvalue weighted by Crippen LogP contribution is 2.33. The van der Waals surface area contributed by atoms with Gasteiger partial charge in [-0.25, -0.2) is 13.2 Å². The summed E-state index contributed by atoms with van der Waals surface area (Å²) < 4.78 is 45.4. The van der Waals surface area contributed by atoms with Crippen molar-refractivity contribution in [1.82, 2.24) is 5.32 Å². The Bertz CT molecular complexity index is 441. The molecule has 18 heavy (non-hydrogen) atoms. The molecule has 0 saturated carbocycles. The molecule has 1 N–H and O–H groups in total. The zero-order valence-corrected chi connectivity index (χ0v) is 9.41. The normalized spacial score (nSPS) is 28.3. The van der Waals surface area contributed by atoms with Crippen LogP contribution in [0.5, 0.6) is 0 Å². The Morgan fingerprint density at radius 3 is 2.78 bits per heavy atom. The first-order valence-electron chi connectivity index (χ1n) is 5.44. The summed E-state index contributed by atoms with van der Waals surface area (Å²) in [5, 5.41) is 2.49. The summed E-state index contributed by atoms with van der Waals surface area (Å²) in [7, 11) is 0. The van der Waals surface area contributed by atoms with Crippen LogP contribution in [0.25, 0.3) is 0 Å². The van der Waals surface area contributed by atoms with E-state index in [1.54, 1.807) is 0 Å². The van der Waals surface area contributed by atoms with Crippen LogP contribution < -0.4 is 5.32 Å². The smallest absolute Gasteiger partial charge is 0.263 e. The molecule has 0 aromatic heterocycles. The number of carbonyl (C=O) groups is 1. The van der Waals surface area contributed by atoms with Crippen LogP contribution in [-0.4, -0.2) is 32.0 Å². The number of benzene rings is 1. The highest BCUT2D eigenvalue weighted by molar-refractivity contribution is 5.58. The van der Waals surface area contributed by atoms with Crippen LogP contribution in [-0.2, 0) is 15.1 Å². The fourth-order valence-electron chi connectivity index (χ4n) is 2.06. The van der Waals surface area contributed by atoms with E-state index in [9.17, 15) is 18.0 Å². The molecule has 1 fully saturated rings. The van der Waals surface area contributed by atoms with E-state index in [0.717, 1.165) is 6.07 Å². The molecule has 1 aliphatic heterocycles. The van der Waals surface area contributed by atoms with E-state index in [2.05, 4.69) is 5.32 Å². The maximum Gasteiger partial charge on any atom is 0.263 e. The molecule has 0 bridgehead atoms. The lowest BCUT2D eigenvalue weighted by molar-refractivity contribution is -0.121. The highest BCUT2D eigenvalue weighted by Gasteiger charge is 2.47. The van der Waals surface area contributed by atoms with Crippen molar-refractivity contribution in [3.05, 3.63) is 35.6 Å². The number of alkyl halides is 2. The van der Waals surface area contributed by atoms with Gasteiger partial charge < -0.3 is 9.53 Å². The van der Waals surface area contributed by atoms with Crippen LogP contribution in [0.2, 0.25) is 0 Å². The van der Waals surface area contributed by atoms with Gasteiger partial charge in [0.2, 0.25) is 0 Å². The number of nitrogens with one attached hydrogen (secondary N) is 1. The van der Waals surface area contributed by atoms with E-state index >= 15 is 0 Å². The molecule has 2 atom stereocenters. The predicted octanol–water partition coefficient (Wildman–Crippen LogP) is 1.47. The summed E-state index contributed by atoms with van der Waals surface area (Å²) in [4.78, 5) is 10.7. The monoisotopic (exact) mass is 259 g/mol. The number of aldehydes is 1. The van der Waals surface area contributed by atoms with E-state index in [4.69, 9.17) is 4.74 Å². The van der Waals surface area contributed by atoms with Gasteiger partial charge in [0.05, 0.1) is 19.3 Å².